The maximum Gasteiger partial charge on any atom is 0.328 e. The number of rotatable bonds is 5. The molecule has 4 amide bonds. The van der Waals surface area contributed by atoms with Gasteiger partial charge in [-0.25, -0.2) is 10.3 Å². The van der Waals surface area contributed by atoms with Gasteiger partial charge in [-0.15, -0.1) is 0 Å². The van der Waals surface area contributed by atoms with Gasteiger partial charge in [-0.3, -0.25) is 20.2 Å². The van der Waals surface area contributed by atoms with Gasteiger partial charge in [-0.05, 0) is 18.8 Å². The van der Waals surface area contributed by atoms with Crippen LogP contribution < -0.4 is 16.1 Å². The lowest BCUT2D eigenvalue weighted by Crippen LogP contribution is -2.55. The van der Waals surface area contributed by atoms with Gasteiger partial charge in [-0.1, -0.05) is 6.92 Å². The molecular formula is C9H15N3O4. The van der Waals surface area contributed by atoms with Gasteiger partial charge in [0.25, 0.3) is 0 Å². The van der Waals surface area contributed by atoms with E-state index in [1.165, 1.54) is 0 Å². The molecule has 1 aliphatic heterocycles. The van der Waals surface area contributed by atoms with Gasteiger partial charge in [0.05, 0.1) is 0 Å². The summed E-state index contributed by atoms with van der Waals surface area (Å²) < 4.78 is 0. The van der Waals surface area contributed by atoms with Crippen LogP contribution in [0.1, 0.15) is 19.8 Å². The largest absolute Gasteiger partial charge is 0.328 e. The number of barbiturate groups is 1. The Kier molecular flexibility index (Phi) is 4.39. The van der Waals surface area contributed by atoms with Crippen molar-refractivity contribution >= 4 is 17.8 Å². The number of nitrogens with one attached hydrogen (secondary N) is 3. The molecule has 0 aromatic heterocycles. The van der Waals surface area contributed by atoms with Gasteiger partial charge >= 0.3 is 6.03 Å². The standard InChI is InChI=1S/C9H15N3O4/c1-5(4-10-16)2-3-6-7(13)11-9(15)12-8(6)14/h5-6,10,16H,2-4H2,1H3,(H2,11,12,13,14,15). The van der Waals surface area contributed by atoms with E-state index in [4.69, 9.17) is 5.21 Å². The quantitative estimate of drug-likeness (QED) is 0.370. The molecule has 1 fully saturated rings. The lowest BCUT2D eigenvalue weighted by molar-refractivity contribution is -0.136. The molecule has 1 unspecified atom stereocenters. The predicted molar refractivity (Wildman–Crippen MR) is 53.4 cm³/mol. The van der Waals surface area contributed by atoms with Crippen molar-refractivity contribution in [1.29, 1.82) is 0 Å². The van der Waals surface area contributed by atoms with E-state index in [0.29, 0.717) is 19.4 Å². The van der Waals surface area contributed by atoms with Crippen LogP contribution in [-0.2, 0) is 9.59 Å². The summed E-state index contributed by atoms with van der Waals surface area (Å²) in [4.78, 5) is 33.4. The van der Waals surface area contributed by atoms with E-state index in [9.17, 15) is 14.4 Å². The van der Waals surface area contributed by atoms with E-state index in [2.05, 4.69) is 0 Å². The second-order valence-electron chi connectivity index (χ2n) is 3.90. The van der Waals surface area contributed by atoms with Crippen LogP contribution in [0.25, 0.3) is 0 Å². The summed E-state index contributed by atoms with van der Waals surface area (Å²) >= 11 is 0. The van der Waals surface area contributed by atoms with Crippen molar-refractivity contribution in [3.63, 3.8) is 0 Å². The maximum absolute atomic E-state index is 11.3. The first kappa shape index (κ1) is 12.6. The summed E-state index contributed by atoms with van der Waals surface area (Å²) in [6.45, 7) is 2.28. The van der Waals surface area contributed by atoms with Gasteiger partial charge in [0.1, 0.15) is 5.92 Å². The Morgan fingerprint density at radius 3 is 2.38 bits per heavy atom. The molecule has 0 aliphatic carbocycles. The Labute approximate surface area is 92.5 Å². The van der Waals surface area contributed by atoms with Crippen LogP contribution in [0.3, 0.4) is 0 Å². The molecule has 0 spiro atoms. The molecular weight excluding hydrogens is 214 g/mol. The topological polar surface area (TPSA) is 108 Å². The molecule has 0 aromatic carbocycles. The first-order valence-electron chi connectivity index (χ1n) is 5.07. The van der Waals surface area contributed by atoms with Gasteiger partial charge < -0.3 is 5.21 Å². The van der Waals surface area contributed by atoms with E-state index in [-0.39, 0.29) is 5.92 Å². The molecule has 90 valence electrons. The summed E-state index contributed by atoms with van der Waals surface area (Å²) in [6, 6.07) is -0.767. The number of urea groups is 1. The van der Waals surface area contributed by atoms with E-state index in [1.807, 2.05) is 23.0 Å². The molecule has 0 aromatic rings. The van der Waals surface area contributed by atoms with Crippen molar-refractivity contribution < 1.29 is 19.6 Å². The Morgan fingerprint density at radius 2 is 1.88 bits per heavy atom. The Hall–Kier alpha value is -1.47. The summed E-state index contributed by atoms with van der Waals surface area (Å²) in [5.74, 6) is -1.79. The molecule has 1 rings (SSSR count). The number of carbonyl (C=O) groups excluding carboxylic acids is 3. The number of hydrogen-bond donors (Lipinski definition) is 4. The van der Waals surface area contributed by atoms with Crippen LogP contribution in [0.4, 0.5) is 4.79 Å². The third-order valence-electron chi connectivity index (χ3n) is 2.49. The number of hydroxylamine groups is 1. The highest BCUT2D eigenvalue weighted by atomic mass is 16.5. The van der Waals surface area contributed by atoms with E-state index < -0.39 is 23.8 Å². The van der Waals surface area contributed by atoms with E-state index in [1.54, 1.807) is 0 Å². The third-order valence-corrected chi connectivity index (χ3v) is 2.49. The van der Waals surface area contributed by atoms with E-state index in [0.717, 1.165) is 0 Å². The molecule has 0 bridgehead atoms. The molecule has 1 saturated heterocycles. The fraction of sp³-hybridized carbons (Fsp3) is 0.667. The van der Waals surface area contributed by atoms with Gasteiger partial charge in [0.2, 0.25) is 11.8 Å². The smallest absolute Gasteiger partial charge is 0.317 e. The Balaban J connectivity index is 2.44. The first-order valence-corrected chi connectivity index (χ1v) is 5.07. The molecule has 4 N–H and O–H groups in total. The molecule has 1 atom stereocenters. The fourth-order valence-electron chi connectivity index (χ4n) is 1.52. The zero-order valence-corrected chi connectivity index (χ0v) is 8.95. The second-order valence-corrected chi connectivity index (χ2v) is 3.90. The monoisotopic (exact) mass is 229 g/mol. The minimum absolute atomic E-state index is 0.142. The van der Waals surface area contributed by atoms with Crippen molar-refractivity contribution in [1.82, 2.24) is 16.1 Å². The lowest BCUT2D eigenvalue weighted by Gasteiger charge is -2.21. The normalized spacial score (nSPS) is 19.2. The zero-order valence-electron chi connectivity index (χ0n) is 8.95. The molecule has 7 nitrogen and oxygen atoms in total. The minimum atomic E-state index is -0.821. The maximum atomic E-state index is 11.3. The van der Waals surface area contributed by atoms with Crippen LogP contribution in [0.5, 0.6) is 0 Å². The Morgan fingerprint density at radius 1 is 1.31 bits per heavy atom. The molecule has 16 heavy (non-hydrogen) atoms. The highest BCUT2D eigenvalue weighted by molar-refractivity contribution is 6.16. The van der Waals surface area contributed by atoms with Gasteiger partial charge in [-0.2, -0.15) is 0 Å². The Bertz CT molecular complexity index is 285. The molecule has 1 heterocycles. The number of amides is 4. The van der Waals surface area contributed by atoms with Crippen molar-refractivity contribution in [3.8, 4) is 0 Å². The second kappa shape index (κ2) is 5.57. The lowest BCUT2D eigenvalue weighted by atomic mass is 9.94. The van der Waals surface area contributed by atoms with Crippen molar-refractivity contribution in [3.05, 3.63) is 0 Å². The average Bonchev–Trinajstić information content (AvgIpc) is 2.16. The number of hydrogen-bond acceptors (Lipinski definition) is 5. The minimum Gasteiger partial charge on any atom is -0.317 e. The van der Waals surface area contributed by atoms with Gasteiger partial charge in [0, 0.05) is 6.54 Å². The average molecular weight is 229 g/mol. The molecule has 1 aliphatic rings. The number of imide groups is 2. The SMILES string of the molecule is CC(CCC1C(=O)NC(=O)NC1=O)CNO. The van der Waals surface area contributed by atoms with Crippen molar-refractivity contribution in [2.45, 2.75) is 19.8 Å². The van der Waals surface area contributed by atoms with Crippen molar-refractivity contribution in [2.24, 2.45) is 11.8 Å². The molecule has 0 radical (unpaired) electrons. The van der Waals surface area contributed by atoms with Crippen LogP contribution in [0, 0.1) is 11.8 Å². The number of carbonyl (C=O) groups is 3. The van der Waals surface area contributed by atoms with E-state index >= 15 is 0 Å². The van der Waals surface area contributed by atoms with Crippen LogP contribution in [0.2, 0.25) is 0 Å². The summed E-state index contributed by atoms with van der Waals surface area (Å²) in [5, 5.41) is 12.5. The highest BCUT2D eigenvalue weighted by Crippen LogP contribution is 2.14. The molecule has 7 heteroatoms. The first-order chi connectivity index (χ1) is 7.54. The zero-order chi connectivity index (χ0) is 12.1. The van der Waals surface area contributed by atoms with Crippen LogP contribution in [-0.4, -0.2) is 29.6 Å². The van der Waals surface area contributed by atoms with Gasteiger partial charge in [0.15, 0.2) is 0 Å². The fourth-order valence-corrected chi connectivity index (χ4v) is 1.52. The van der Waals surface area contributed by atoms with Crippen LogP contribution >= 0.6 is 0 Å². The third kappa shape index (κ3) is 3.28. The summed E-state index contributed by atoms with van der Waals surface area (Å²) in [6.07, 6.45) is 0.959. The highest BCUT2D eigenvalue weighted by Gasteiger charge is 2.33. The molecule has 0 saturated carbocycles. The predicted octanol–water partition coefficient (Wildman–Crippen LogP) is -0.636. The van der Waals surface area contributed by atoms with Crippen molar-refractivity contribution in [2.75, 3.05) is 6.54 Å². The summed E-state index contributed by atoms with van der Waals surface area (Å²) in [7, 11) is 0. The summed E-state index contributed by atoms with van der Waals surface area (Å²) in [5.41, 5.74) is 2.03. The van der Waals surface area contributed by atoms with Crippen LogP contribution in [0.15, 0.2) is 0 Å².